The Labute approximate surface area is 279 Å². The van der Waals surface area contributed by atoms with Crippen LogP contribution in [-0.4, -0.2) is 69.0 Å². The van der Waals surface area contributed by atoms with Crippen molar-refractivity contribution in [3.05, 3.63) is 97.0 Å². The van der Waals surface area contributed by atoms with Crippen LogP contribution in [0.25, 0.3) is 11.1 Å². The summed E-state index contributed by atoms with van der Waals surface area (Å²) in [5.41, 5.74) is 1.80. The molecule has 0 saturated carbocycles. The van der Waals surface area contributed by atoms with Gasteiger partial charge in [0.1, 0.15) is 28.8 Å². The molecule has 0 unspecified atom stereocenters. The van der Waals surface area contributed by atoms with Gasteiger partial charge >= 0.3 is 5.97 Å². The monoisotopic (exact) mass is 674 g/mol. The second-order valence-corrected chi connectivity index (χ2v) is 13.1. The molecule has 2 heterocycles. The number of amides is 2. The number of aromatic nitrogens is 2. The quantitative estimate of drug-likeness (QED) is 0.112. The Bertz CT molecular complexity index is 1840. The maximum Gasteiger partial charge on any atom is 0.326 e. The molecule has 1 aromatic heterocycles. The fourth-order valence-corrected chi connectivity index (χ4v) is 6.59. The summed E-state index contributed by atoms with van der Waals surface area (Å²) < 4.78 is 40.8. The fraction of sp³-hybridized carbons (Fsp3) is 0.314. The summed E-state index contributed by atoms with van der Waals surface area (Å²) in [5, 5.41) is 12.6. The predicted octanol–water partition coefficient (Wildman–Crippen LogP) is 5.69. The smallest absolute Gasteiger partial charge is 0.326 e. The lowest BCUT2D eigenvalue weighted by molar-refractivity contribution is -0.149. The zero-order chi connectivity index (χ0) is 34.3. The number of ether oxygens (including phenoxy) is 1. The number of likely N-dealkylation sites (tertiary alicyclic amines) is 1. The zero-order valence-electron chi connectivity index (χ0n) is 26.4. The highest BCUT2D eigenvalue weighted by Gasteiger charge is 2.43. The number of carbonyl (C=O) groups is 3. The van der Waals surface area contributed by atoms with Gasteiger partial charge in [-0.2, -0.15) is 8.42 Å². The van der Waals surface area contributed by atoms with Crippen molar-refractivity contribution in [2.45, 2.75) is 68.5 Å². The third-order valence-electron chi connectivity index (χ3n) is 8.32. The van der Waals surface area contributed by atoms with E-state index in [1.807, 2.05) is 54.6 Å². The van der Waals surface area contributed by atoms with Gasteiger partial charge < -0.3 is 24.6 Å². The van der Waals surface area contributed by atoms with Gasteiger partial charge in [0.2, 0.25) is 5.91 Å². The minimum atomic E-state index is -4.66. The van der Waals surface area contributed by atoms with Crippen molar-refractivity contribution in [2.75, 3.05) is 11.9 Å². The van der Waals surface area contributed by atoms with E-state index >= 15 is 0 Å². The Morgan fingerprint density at radius 1 is 0.958 bits per heavy atom. The Hall–Kier alpha value is -5.01. The Kier molecular flexibility index (Phi) is 10.9. The van der Waals surface area contributed by atoms with Gasteiger partial charge in [-0.15, -0.1) is 0 Å². The lowest BCUT2D eigenvalue weighted by Crippen LogP contribution is -2.44. The summed E-state index contributed by atoms with van der Waals surface area (Å²) in [4.78, 5) is 44.4. The van der Waals surface area contributed by atoms with E-state index in [2.05, 4.69) is 17.2 Å². The largest absolute Gasteiger partial charge is 0.488 e. The first-order chi connectivity index (χ1) is 23.0. The lowest BCUT2D eigenvalue weighted by atomic mass is 10.1. The maximum absolute atomic E-state index is 14.1. The first-order valence-electron chi connectivity index (χ1n) is 15.8. The SMILES string of the molecule is CCCCCC[C@H](C(=O)N1C[C@@H](Oc2ccc(-c3ccccc3)cc2)C[C@H]1C(=O)O)n1cnc(NC(=O)c2ccccc2S(=O)(=O)O)c1. The molecular formula is C35H38N4O8S. The topological polar surface area (TPSA) is 168 Å². The molecule has 2 amide bonds. The number of carboxylic acids is 1. The molecule has 252 valence electrons. The number of aliphatic carboxylic acids is 1. The molecule has 48 heavy (non-hydrogen) atoms. The van der Waals surface area contributed by atoms with Crippen molar-refractivity contribution in [3.8, 4) is 16.9 Å². The van der Waals surface area contributed by atoms with Crippen molar-refractivity contribution in [1.29, 1.82) is 0 Å². The average Bonchev–Trinajstić information content (AvgIpc) is 3.72. The standard InChI is InChI=1S/C35H38N4O8S/c1-2-3-4-8-14-29(38-22-32(36-23-38)37-33(40)28-13-9-10-15-31(28)48(44,45)46)34(41)39-21-27(20-30(39)35(42)43)47-26-18-16-25(17-19-26)24-11-6-5-7-12-24/h5-7,9-13,15-19,22-23,27,29-30H,2-4,8,14,20-21H2,1H3,(H,37,40)(H,42,43)(H,44,45,46)/t27-,29+,30-/m0/s1. The minimum Gasteiger partial charge on any atom is -0.488 e. The Morgan fingerprint density at radius 2 is 1.65 bits per heavy atom. The number of hydrogen-bond donors (Lipinski definition) is 3. The average molecular weight is 675 g/mol. The van der Waals surface area contributed by atoms with Crippen LogP contribution in [-0.2, 0) is 19.7 Å². The van der Waals surface area contributed by atoms with E-state index in [4.69, 9.17) is 4.74 Å². The van der Waals surface area contributed by atoms with E-state index in [0.717, 1.165) is 36.5 Å². The number of nitrogens with zero attached hydrogens (tertiary/aromatic N) is 3. The van der Waals surface area contributed by atoms with Gasteiger partial charge in [-0.1, -0.05) is 87.2 Å². The third kappa shape index (κ3) is 8.28. The molecule has 1 aliphatic heterocycles. The molecule has 3 aromatic carbocycles. The van der Waals surface area contributed by atoms with Crippen LogP contribution in [0.5, 0.6) is 5.75 Å². The van der Waals surface area contributed by atoms with Crippen molar-refractivity contribution in [2.24, 2.45) is 0 Å². The highest BCUT2D eigenvalue weighted by atomic mass is 32.2. The number of benzene rings is 3. The fourth-order valence-electron chi connectivity index (χ4n) is 5.90. The van der Waals surface area contributed by atoms with E-state index in [9.17, 15) is 32.5 Å². The van der Waals surface area contributed by atoms with Crippen molar-refractivity contribution < 1.29 is 37.2 Å². The van der Waals surface area contributed by atoms with Gasteiger partial charge in [-0.3, -0.25) is 14.1 Å². The lowest BCUT2D eigenvalue weighted by Gasteiger charge is -2.27. The highest BCUT2D eigenvalue weighted by molar-refractivity contribution is 7.86. The molecule has 0 bridgehead atoms. The van der Waals surface area contributed by atoms with Crippen LogP contribution >= 0.6 is 0 Å². The first kappa shape index (κ1) is 34.3. The molecular weight excluding hydrogens is 636 g/mol. The Morgan fingerprint density at radius 3 is 2.33 bits per heavy atom. The van der Waals surface area contributed by atoms with E-state index in [0.29, 0.717) is 18.6 Å². The molecule has 1 aliphatic rings. The first-order valence-corrected chi connectivity index (χ1v) is 17.3. The molecule has 13 heteroatoms. The van der Waals surface area contributed by atoms with Crippen LogP contribution < -0.4 is 10.1 Å². The van der Waals surface area contributed by atoms with Crippen LogP contribution in [0.3, 0.4) is 0 Å². The maximum atomic E-state index is 14.1. The molecule has 5 rings (SSSR count). The van der Waals surface area contributed by atoms with Gasteiger partial charge in [-0.25, -0.2) is 9.78 Å². The van der Waals surface area contributed by atoms with Crippen LogP contribution in [0.2, 0.25) is 0 Å². The number of carboxylic acid groups (broad SMARTS) is 1. The summed E-state index contributed by atoms with van der Waals surface area (Å²) in [7, 11) is -4.66. The predicted molar refractivity (Wildman–Crippen MR) is 178 cm³/mol. The van der Waals surface area contributed by atoms with Crippen molar-refractivity contribution in [1.82, 2.24) is 14.5 Å². The molecule has 4 aromatic rings. The van der Waals surface area contributed by atoms with Crippen molar-refractivity contribution in [3.63, 3.8) is 0 Å². The number of anilines is 1. The van der Waals surface area contributed by atoms with Gasteiger partial charge in [0.25, 0.3) is 16.0 Å². The molecule has 1 saturated heterocycles. The number of unbranched alkanes of at least 4 members (excludes halogenated alkanes) is 3. The summed E-state index contributed by atoms with van der Waals surface area (Å²) in [6.07, 6.45) is 6.34. The second kappa shape index (κ2) is 15.3. The normalized spacial score (nSPS) is 16.8. The van der Waals surface area contributed by atoms with Gasteiger partial charge in [0, 0.05) is 12.6 Å². The van der Waals surface area contributed by atoms with Crippen LogP contribution in [0.15, 0.2) is 96.3 Å². The molecule has 12 nitrogen and oxygen atoms in total. The molecule has 0 aliphatic carbocycles. The summed E-state index contributed by atoms with van der Waals surface area (Å²) in [6, 6.07) is 20.7. The zero-order valence-corrected chi connectivity index (χ0v) is 27.3. The summed E-state index contributed by atoms with van der Waals surface area (Å²) in [5.74, 6) is -1.74. The second-order valence-electron chi connectivity index (χ2n) is 11.7. The van der Waals surface area contributed by atoms with E-state index in [-0.39, 0.29) is 24.3 Å². The minimum absolute atomic E-state index is 0.0489. The molecule has 1 fully saturated rings. The van der Waals surface area contributed by atoms with Crippen molar-refractivity contribution >= 4 is 33.7 Å². The van der Waals surface area contributed by atoms with Crippen LogP contribution in [0.1, 0.15) is 61.8 Å². The summed E-state index contributed by atoms with van der Waals surface area (Å²) in [6.45, 7) is 2.15. The number of imidazole rings is 1. The molecule has 3 atom stereocenters. The number of carbonyl (C=O) groups excluding carboxylic acids is 2. The van der Waals surface area contributed by atoms with E-state index in [1.54, 1.807) is 0 Å². The van der Waals surface area contributed by atoms with Crippen LogP contribution in [0, 0.1) is 0 Å². The molecule has 0 spiro atoms. The Balaban J connectivity index is 1.32. The van der Waals surface area contributed by atoms with Gasteiger partial charge in [-0.05, 0) is 41.8 Å². The summed E-state index contributed by atoms with van der Waals surface area (Å²) >= 11 is 0. The van der Waals surface area contributed by atoms with Crippen LogP contribution in [0.4, 0.5) is 5.82 Å². The number of rotatable bonds is 14. The molecule has 3 N–H and O–H groups in total. The highest BCUT2D eigenvalue weighted by Crippen LogP contribution is 2.30. The third-order valence-corrected chi connectivity index (χ3v) is 9.24. The molecule has 0 radical (unpaired) electrons. The van der Waals surface area contributed by atoms with E-state index < -0.39 is 51.0 Å². The number of hydrogen-bond acceptors (Lipinski definition) is 7. The van der Waals surface area contributed by atoms with Gasteiger partial charge in [0.05, 0.1) is 18.4 Å². The number of nitrogens with one attached hydrogen (secondary N) is 1. The van der Waals surface area contributed by atoms with Gasteiger partial charge in [0.15, 0.2) is 5.82 Å². The van der Waals surface area contributed by atoms with E-state index in [1.165, 1.54) is 40.2 Å².